The second-order valence-electron chi connectivity index (χ2n) is 9.49. The summed E-state index contributed by atoms with van der Waals surface area (Å²) in [5.41, 5.74) is 4.15. The number of methoxy groups -OCH3 is 1. The number of piperazine rings is 1. The van der Waals surface area contributed by atoms with E-state index in [0.29, 0.717) is 24.2 Å². The van der Waals surface area contributed by atoms with Crippen molar-refractivity contribution in [3.8, 4) is 5.75 Å². The fourth-order valence-corrected chi connectivity index (χ4v) is 4.97. The van der Waals surface area contributed by atoms with Crippen LogP contribution in [0.5, 0.6) is 5.75 Å². The van der Waals surface area contributed by atoms with Crippen molar-refractivity contribution in [3.63, 3.8) is 0 Å². The van der Waals surface area contributed by atoms with Gasteiger partial charge in [-0.05, 0) is 48.7 Å². The first-order valence-electron chi connectivity index (χ1n) is 13.5. The summed E-state index contributed by atoms with van der Waals surface area (Å²) in [5.74, 6) is 0.412. The lowest BCUT2D eigenvalue weighted by atomic mass is 9.95. The molecule has 1 heterocycles. The van der Waals surface area contributed by atoms with Gasteiger partial charge in [0, 0.05) is 44.1 Å². The van der Waals surface area contributed by atoms with E-state index < -0.39 is 0 Å². The number of amides is 2. The topological polar surface area (TPSA) is 73.9 Å². The van der Waals surface area contributed by atoms with Gasteiger partial charge >= 0.3 is 0 Å². The predicted molar refractivity (Wildman–Crippen MR) is 155 cm³/mol. The highest BCUT2D eigenvalue weighted by molar-refractivity contribution is 6.03. The van der Waals surface area contributed by atoms with Gasteiger partial charge in [0.05, 0.1) is 24.3 Å². The van der Waals surface area contributed by atoms with Crippen molar-refractivity contribution >= 4 is 28.9 Å². The van der Waals surface area contributed by atoms with Crippen LogP contribution in [0, 0.1) is 0 Å². The van der Waals surface area contributed by atoms with Crippen LogP contribution in [-0.2, 0) is 4.79 Å². The lowest BCUT2D eigenvalue weighted by Gasteiger charge is -2.38. The number of rotatable bonds is 10. The molecule has 200 valence electrons. The van der Waals surface area contributed by atoms with E-state index in [1.54, 1.807) is 7.11 Å². The van der Waals surface area contributed by atoms with E-state index in [9.17, 15) is 9.59 Å². The fourth-order valence-electron chi connectivity index (χ4n) is 4.97. The van der Waals surface area contributed by atoms with Gasteiger partial charge < -0.3 is 25.2 Å². The van der Waals surface area contributed by atoms with E-state index in [-0.39, 0.29) is 17.7 Å². The molecular weight excluding hydrogens is 476 g/mol. The molecule has 7 heteroatoms. The minimum Gasteiger partial charge on any atom is -0.495 e. The number of carbonyl (C=O) groups is 2. The predicted octanol–water partition coefficient (Wildman–Crippen LogP) is 5.29. The molecule has 1 unspecified atom stereocenters. The molecule has 4 rings (SSSR count). The molecule has 0 aromatic heterocycles. The number of hydrogen-bond acceptors (Lipinski definition) is 5. The molecular formula is C31H38N4O3. The van der Waals surface area contributed by atoms with Crippen LogP contribution in [0.4, 0.5) is 17.1 Å². The fraction of sp³-hybridized carbons (Fsp3) is 0.355. The van der Waals surface area contributed by atoms with Crippen molar-refractivity contribution < 1.29 is 14.3 Å². The van der Waals surface area contributed by atoms with Crippen LogP contribution in [0.15, 0.2) is 72.8 Å². The Hall–Kier alpha value is -4.00. The normalized spacial score (nSPS) is 14.1. The molecule has 1 aliphatic heterocycles. The number of nitrogens with zero attached hydrogens (tertiary/aromatic N) is 2. The minimum absolute atomic E-state index is 0.0724. The molecule has 2 amide bonds. The number of nitrogens with one attached hydrogen (secondary N) is 2. The van der Waals surface area contributed by atoms with Gasteiger partial charge in [-0.1, -0.05) is 56.3 Å². The highest BCUT2D eigenvalue weighted by Gasteiger charge is 2.24. The maximum Gasteiger partial charge on any atom is 0.253 e. The zero-order valence-electron chi connectivity index (χ0n) is 22.6. The molecule has 0 bridgehead atoms. The first-order valence-corrected chi connectivity index (χ1v) is 13.5. The third-order valence-corrected chi connectivity index (χ3v) is 7.02. The van der Waals surface area contributed by atoms with Crippen LogP contribution in [0.25, 0.3) is 0 Å². The number of carbonyl (C=O) groups excluding carboxylic acids is 2. The number of benzene rings is 3. The third-order valence-electron chi connectivity index (χ3n) is 7.02. The molecule has 0 spiro atoms. The molecule has 2 N–H and O–H groups in total. The maximum absolute atomic E-state index is 13.2. The van der Waals surface area contributed by atoms with E-state index >= 15 is 0 Å². The Morgan fingerprint density at radius 1 is 0.868 bits per heavy atom. The van der Waals surface area contributed by atoms with Crippen molar-refractivity contribution in [2.45, 2.75) is 32.6 Å². The molecule has 38 heavy (non-hydrogen) atoms. The van der Waals surface area contributed by atoms with Crippen molar-refractivity contribution in [3.05, 3.63) is 83.9 Å². The van der Waals surface area contributed by atoms with Gasteiger partial charge in [0.2, 0.25) is 5.91 Å². The summed E-state index contributed by atoms with van der Waals surface area (Å²) in [6, 6.07) is 23.5. The smallest absolute Gasteiger partial charge is 0.253 e. The second kappa shape index (κ2) is 13.0. The largest absolute Gasteiger partial charge is 0.495 e. The van der Waals surface area contributed by atoms with Gasteiger partial charge in [-0.25, -0.2) is 0 Å². The Morgan fingerprint density at radius 3 is 2.18 bits per heavy atom. The standard InChI is InChI=1S/C31H38N4O3/c1-4-17-32-30(36)26-22-24(33-31(37)25(5-2)23-11-7-6-8-12-23)15-16-27(26)34-18-20-35(21-19-34)28-13-9-10-14-29(28)38-3/h6-16,22,25H,4-5,17-21H2,1-3H3,(H,32,36)(H,33,37). The van der Waals surface area contributed by atoms with Crippen LogP contribution in [0.3, 0.4) is 0 Å². The lowest BCUT2D eigenvalue weighted by molar-refractivity contribution is -0.117. The zero-order valence-corrected chi connectivity index (χ0v) is 22.6. The van der Waals surface area contributed by atoms with E-state index in [4.69, 9.17) is 4.74 Å². The molecule has 1 aliphatic rings. The van der Waals surface area contributed by atoms with Gasteiger partial charge in [-0.3, -0.25) is 9.59 Å². The lowest BCUT2D eigenvalue weighted by Crippen LogP contribution is -2.47. The monoisotopic (exact) mass is 514 g/mol. The molecule has 1 atom stereocenters. The average Bonchev–Trinajstić information content (AvgIpc) is 2.97. The molecule has 1 fully saturated rings. The molecule has 1 saturated heterocycles. The van der Waals surface area contributed by atoms with Crippen molar-refractivity contribution in [2.75, 3.05) is 55.0 Å². The molecule has 3 aromatic carbocycles. The summed E-state index contributed by atoms with van der Waals surface area (Å²) < 4.78 is 5.55. The Balaban J connectivity index is 1.53. The Bertz CT molecular complexity index is 1220. The summed E-state index contributed by atoms with van der Waals surface area (Å²) >= 11 is 0. The Labute approximate surface area is 225 Å². The van der Waals surface area contributed by atoms with Gasteiger partial charge in [0.25, 0.3) is 5.91 Å². The van der Waals surface area contributed by atoms with E-state index in [1.165, 1.54) is 0 Å². The highest BCUT2D eigenvalue weighted by atomic mass is 16.5. The molecule has 7 nitrogen and oxygen atoms in total. The first-order chi connectivity index (χ1) is 18.5. The zero-order chi connectivity index (χ0) is 26.9. The highest BCUT2D eigenvalue weighted by Crippen LogP contribution is 2.31. The number of ether oxygens (including phenoxy) is 1. The van der Waals surface area contributed by atoms with Gasteiger partial charge in [0.15, 0.2) is 0 Å². The van der Waals surface area contributed by atoms with Crippen LogP contribution in [-0.4, -0.2) is 51.6 Å². The average molecular weight is 515 g/mol. The molecule has 0 aliphatic carbocycles. The quantitative estimate of drug-likeness (QED) is 0.384. The van der Waals surface area contributed by atoms with Gasteiger partial charge in [-0.15, -0.1) is 0 Å². The number of hydrogen-bond donors (Lipinski definition) is 2. The van der Waals surface area contributed by atoms with Crippen LogP contribution >= 0.6 is 0 Å². The Kier molecular flexibility index (Phi) is 9.25. The molecule has 0 radical (unpaired) electrons. The second-order valence-corrected chi connectivity index (χ2v) is 9.49. The summed E-state index contributed by atoms with van der Waals surface area (Å²) in [4.78, 5) is 30.9. The van der Waals surface area contributed by atoms with E-state index in [1.807, 2.05) is 80.6 Å². The Morgan fingerprint density at radius 2 is 1.53 bits per heavy atom. The minimum atomic E-state index is -0.253. The summed E-state index contributed by atoms with van der Waals surface area (Å²) in [6.07, 6.45) is 1.54. The van der Waals surface area contributed by atoms with Crippen molar-refractivity contribution in [2.24, 2.45) is 0 Å². The molecule has 0 saturated carbocycles. The molecule has 3 aromatic rings. The third kappa shape index (κ3) is 6.28. The summed E-state index contributed by atoms with van der Waals surface area (Å²) in [5, 5.41) is 6.07. The number of para-hydroxylation sites is 2. The van der Waals surface area contributed by atoms with Crippen LogP contribution < -0.4 is 25.2 Å². The van der Waals surface area contributed by atoms with Gasteiger partial charge in [0.1, 0.15) is 5.75 Å². The van der Waals surface area contributed by atoms with E-state index in [2.05, 4.69) is 26.5 Å². The van der Waals surface area contributed by atoms with Crippen molar-refractivity contribution in [1.29, 1.82) is 0 Å². The summed E-state index contributed by atoms with van der Waals surface area (Å²) in [6.45, 7) is 7.79. The first kappa shape index (κ1) is 27.0. The summed E-state index contributed by atoms with van der Waals surface area (Å²) in [7, 11) is 1.69. The van der Waals surface area contributed by atoms with E-state index in [0.717, 1.165) is 55.3 Å². The SMILES string of the molecule is CCCNC(=O)c1cc(NC(=O)C(CC)c2ccccc2)ccc1N1CCN(c2ccccc2OC)CC1. The van der Waals surface area contributed by atoms with Gasteiger partial charge in [-0.2, -0.15) is 0 Å². The maximum atomic E-state index is 13.2. The number of anilines is 3. The van der Waals surface area contributed by atoms with Crippen LogP contribution in [0.1, 0.15) is 48.5 Å². The van der Waals surface area contributed by atoms with Crippen molar-refractivity contribution in [1.82, 2.24) is 5.32 Å². The van der Waals surface area contributed by atoms with Crippen LogP contribution in [0.2, 0.25) is 0 Å².